The van der Waals surface area contributed by atoms with Gasteiger partial charge in [0, 0.05) is 30.0 Å². The second-order valence-electron chi connectivity index (χ2n) is 7.59. The summed E-state index contributed by atoms with van der Waals surface area (Å²) in [5, 5.41) is 2.87. The van der Waals surface area contributed by atoms with E-state index in [1.54, 1.807) is 12.1 Å². The summed E-state index contributed by atoms with van der Waals surface area (Å²) in [6.07, 6.45) is 4.07. The summed E-state index contributed by atoms with van der Waals surface area (Å²) in [7, 11) is 0. The maximum atomic E-state index is 13.1. The van der Waals surface area contributed by atoms with Gasteiger partial charge in [-0.3, -0.25) is 4.79 Å². The van der Waals surface area contributed by atoms with Crippen LogP contribution in [-0.2, 0) is 16.0 Å². The number of hydrogen-bond acceptors (Lipinski definition) is 5. The van der Waals surface area contributed by atoms with Gasteiger partial charge in [-0.05, 0) is 78.8 Å². The molecule has 31 heavy (non-hydrogen) atoms. The lowest BCUT2D eigenvalue weighted by Crippen LogP contribution is -2.37. The number of aromatic nitrogens is 1. The van der Waals surface area contributed by atoms with E-state index in [9.17, 15) is 9.18 Å². The number of carbonyl (C=O) groups excluding carboxylic acids is 1. The van der Waals surface area contributed by atoms with E-state index in [4.69, 9.17) is 9.47 Å². The number of rotatable bonds is 8. The molecule has 0 saturated carbocycles. The van der Waals surface area contributed by atoms with Gasteiger partial charge in [0.15, 0.2) is 6.61 Å². The molecule has 3 aromatic rings. The number of ether oxygens (including phenoxy) is 2. The average molecular weight is 441 g/mol. The molecule has 1 saturated heterocycles. The van der Waals surface area contributed by atoms with Gasteiger partial charge in [0.05, 0.1) is 11.8 Å². The predicted molar refractivity (Wildman–Crippen MR) is 119 cm³/mol. The minimum atomic E-state index is -0.230. The summed E-state index contributed by atoms with van der Waals surface area (Å²) >= 11 is 1.44. The van der Waals surface area contributed by atoms with Crippen LogP contribution in [0.1, 0.15) is 29.7 Å². The number of carbonyl (C=O) groups is 1. The van der Waals surface area contributed by atoms with E-state index in [1.165, 1.54) is 23.7 Å². The van der Waals surface area contributed by atoms with Gasteiger partial charge in [-0.15, -0.1) is 0 Å². The Morgan fingerprint density at radius 2 is 1.97 bits per heavy atom. The van der Waals surface area contributed by atoms with E-state index in [2.05, 4.69) is 9.69 Å². The summed E-state index contributed by atoms with van der Waals surface area (Å²) in [5.41, 5.74) is 2.92. The van der Waals surface area contributed by atoms with Gasteiger partial charge in [0.1, 0.15) is 11.6 Å². The van der Waals surface area contributed by atoms with Crippen LogP contribution in [0.25, 0.3) is 11.3 Å². The number of nitrogens with one attached hydrogen (secondary N) is 1. The van der Waals surface area contributed by atoms with Gasteiger partial charge in [-0.1, -0.05) is 12.1 Å². The third-order valence-corrected chi connectivity index (χ3v) is 5.96. The maximum absolute atomic E-state index is 13.1. The lowest BCUT2D eigenvalue weighted by atomic mass is 10.1. The molecule has 1 atom stereocenters. The van der Waals surface area contributed by atoms with Crippen molar-refractivity contribution in [2.45, 2.75) is 31.8 Å². The molecule has 0 radical (unpaired) electrons. The molecular weight excluding hydrogens is 415 g/mol. The number of amides is 1. The molecule has 1 fully saturated rings. The standard InChI is InChI=1S/C24H25FN2O3S/c25-19-8-4-17(5-9-19)13-22-14-23(27-31-22)18-6-10-20(11-7-18)30-16-24(28)26-15-21-3-1-2-12-29-21/h4-11,14,21H,1-3,12-13,15-16H2,(H,26,28). The van der Waals surface area contributed by atoms with E-state index < -0.39 is 0 Å². The summed E-state index contributed by atoms with van der Waals surface area (Å²) < 4.78 is 28.8. The quantitative estimate of drug-likeness (QED) is 0.556. The van der Waals surface area contributed by atoms with Crippen LogP contribution in [0.5, 0.6) is 5.75 Å². The number of benzene rings is 2. The van der Waals surface area contributed by atoms with Crippen molar-refractivity contribution in [2.75, 3.05) is 19.8 Å². The molecule has 1 N–H and O–H groups in total. The molecule has 5 nitrogen and oxygen atoms in total. The number of nitrogens with zero attached hydrogens (tertiary/aromatic N) is 1. The van der Waals surface area contributed by atoms with Crippen molar-refractivity contribution in [3.05, 3.63) is 70.9 Å². The second-order valence-corrected chi connectivity index (χ2v) is 8.48. The van der Waals surface area contributed by atoms with Crippen molar-refractivity contribution in [3.8, 4) is 17.0 Å². The predicted octanol–water partition coefficient (Wildman–Crippen LogP) is 4.60. The van der Waals surface area contributed by atoms with Crippen molar-refractivity contribution in [2.24, 2.45) is 0 Å². The maximum Gasteiger partial charge on any atom is 0.258 e. The molecule has 2 heterocycles. The van der Waals surface area contributed by atoms with Gasteiger partial charge in [-0.2, -0.15) is 4.37 Å². The molecule has 1 aromatic heterocycles. The first-order valence-electron chi connectivity index (χ1n) is 10.5. The topological polar surface area (TPSA) is 60.5 Å². The average Bonchev–Trinajstić information content (AvgIpc) is 3.27. The molecule has 1 unspecified atom stereocenters. The SMILES string of the molecule is O=C(COc1ccc(-c2cc(Cc3ccc(F)cc3)sn2)cc1)NCC1CCCCO1. The highest BCUT2D eigenvalue weighted by Crippen LogP contribution is 2.25. The summed E-state index contributed by atoms with van der Waals surface area (Å²) in [5.74, 6) is 0.254. The number of hydrogen-bond donors (Lipinski definition) is 1. The fraction of sp³-hybridized carbons (Fsp3) is 0.333. The molecule has 1 aliphatic rings. The Hall–Kier alpha value is -2.77. The third kappa shape index (κ3) is 6.35. The smallest absolute Gasteiger partial charge is 0.258 e. The summed E-state index contributed by atoms with van der Waals surface area (Å²) in [6.45, 7) is 1.28. The Labute approximate surface area is 185 Å². The Kier molecular flexibility index (Phi) is 7.27. The van der Waals surface area contributed by atoms with Crippen LogP contribution in [0.3, 0.4) is 0 Å². The molecule has 0 bridgehead atoms. The lowest BCUT2D eigenvalue weighted by Gasteiger charge is -2.22. The van der Waals surface area contributed by atoms with Crippen LogP contribution in [0.4, 0.5) is 4.39 Å². The highest BCUT2D eigenvalue weighted by molar-refractivity contribution is 7.06. The van der Waals surface area contributed by atoms with Crippen LogP contribution in [0.15, 0.2) is 54.6 Å². The van der Waals surface area contributed by atoms with Crippen molar-refractivity contribution in [1.29, 1.82) is 0 Å². The van der Waals surface area contributed by atoms with Crippen LogP contribution in [0, 0.1) is 5.82 Å². The molecule has 0 spiro atoms. The van der Waals surface area contributed by atoms with Crippen molar-refractivity contribution < 1.29 is 18.7 Å². The van der Waals surface area contributed by atoms with Crippen LogP contribution in [-0.4, -0.2) is 36.1 Å². The monoisotopic (exact) mass is 440 g/mol. The normalized spacial score (nSPS) is 16.1. The summed E-state index contributed by atoms with van der Waals surface area (Å²) in [4.78, 5) is 13.1. The van der Waals surface area contributed by atoms with Gasteiger partial charge in [-0.25, -0.2) is 4.39 Å². The first-order valence-corrected chi connectivity index (χ1v) is 11.2. The van der Waals surface area contributed by atoms with E-state index in [1.807, 2.05) is 30.3 Å². The molecule has 7 heteroatoms. The zero-order valence-electron chi connectivity index (χ0n) is 17.2. The van der Waals surface area contributed by atoms with Crippen molar-refractivity contribution in [3.63, 3.8) is 0 Å². The van der Waals surface area contributed by atoms with Gasteiger partial charge >= 0.3 is 0 Å². The molecule has 162 valence electrons. The molecule has 0 aliphatic carbocycles. The zero-order chi connectivity index (χ0) is 21.5. The highest BCUT2D eigenvalue weighted by atomic mass is 32.1. The minimum Gasteiger partial charge on any atom is -0.484 e. The third-order valence-electron chi connectivity index (χ3n) is 5.17. The first-order chi connectivity index (χ1) is 15.2. The van der Waals surface area contributed by atoms with Crippen LogP contribution < -0.4 is 10.1 Å². The Bertz CT molecular complexity index is 983. The van der Waals surface area contributed by atoms with Gasteiger partial charge in [0.25, 0.3) is 5.91 Å². The largest absolute Gasteiger partial charge is 0.484 e. The van der Waals surface area contributed by atoms with Crippen LogP contribution >= 0.6 is 11.5 Å². The fourth-order valence-corrected chi connectivity index (χ4v) is 4.22. The molecule has 4 rings (SSSR count). The lowest BCUT2D eigenvalue weighted by molar-refractivity contribution is -0.124. The van der Waals surface area contributed by atoms with Gasteiger partial charge < -0.3 is 14.8 Å². The summed E-state index contributed by atoms with van der Waals surface area (Å²) in [6, 6.07) is 16.1. The molecule has 1 aliphatic heterocycles. The van der Waals surface area contributed by atoms with E-state index >= 15 is 0 Å². The van der Waals surface area contributed by atoms with Crippen molar-refractivity contribution in [1.82, 2.24) is 9.69 Å². The van der Waals surface area contributed by atoms with Crippen LogP contribution in [0.2, 0.25) is 0 Å². The fourth-order valence-electron chi connectivity index (χ4n) is 3.45. The first kappa shape index (κ1) is 21.5. The van der Waals surface area contributed by atoms with E-state index in [0.717, 1.165) is 54.0 Å². The molecule has 2 aromatic carbocycles. The second kappa shape index (κ2) is 10.5. The van der Waals surface area contributed by atoms with E-state index in [-0.39, 0.29) is 24.4 Å². The zero-order valence-corrected chi connectivity index (χ0v) is 18.0. The molecule has 1 amide bonds. The van der Waals surface area contributed by atoms with Crippen molar-refractivity contribution >= 4 is 17.4 Å². The Balaban J connectivity index is 1.25. The van der Waals surface area contributed by atoms with E-state index in [0.29, 0.717) is 12.3 Å². The Morgan fingerprint density at radius 3 is 2.71 bits per heavy atom. The van der Waals surface area contributed by atoms with Gasteiger partial charge in [0.2, 0.25) is 0 Å². The number of halogens is 1. The molecular formula is C24H25FN2O3S. The minimum absolute atomic E-state index is 0.0232. The highest BCUT2D eigenvalue weighted by Gasteiger charge is 2.15. The Morgan fingerprint density at radius 1 is 1.16 bits per heavy atom.